The molecule has 0 bridgehead atoms. The van der Waals surface area contributed by atoms with Crippen molar-refractivity contribution in [3.05, 3.63) is 35.9 Å². The molecule has 0 saturated carbocycles. The Labute approximate surface area is 108 Å². The van der Waals surface area contributed by atoms with Crippen molar-refractivity contribution in [2.75, 3.05) is 14.1 Å². The number of hydrogen-bond donors (Lipinski definition) is 1. The topological polar surface area (TPSA) is 57.2 Å². The van der Waals surface area contributed by atoms with Crippen molar-refractivity contribution in [3.63, 3.8) is 0 Å². The Hall–Kier alpha value is -2.04. The summed E-state index contributed by atoms with van der Waals surface area (Å²) in [5.41, 5.74) is 7.10. The molecule has 1 aliphatic rings. The third-order valence-electron chi connectivity index (χ3n) is 2.87. The van der Waals surface area contributed by atoms with E-state index in [9.17, 15) is 0 Å². The minimum absolute atomic E-state index is 0.116. The highest BCUT2D eigenvalue weighted by Crippen LogP contribution is 2.09. The average Bonchev–Trinajstić information content (AvgIpc) is 2.35. The molecule has 2 N–H and O–H groups in total. The van der Waals surface area contributed by atoms with Crippen LogP contribution in [0.3, 0.4) is 0 Å². The third-order valence-corrected chi connectivity index (χ3v) is 2.87. The zero-order chi connectivity index (χ0) is 13.1. The Balaban J connectivity index is 2.12. The Bertz CT molecular complexity index is 466. The molecular formula is C13H19N5. The van der Waals surface area contributed by atoms with Gasteiger partial charge in [-0.3, -0.25) is 4.90 Å². The van der Waals surface area contributed by atoms with Crippen molar-refractivity contribution in [2.45, 2.75) is 19.6 Å². The molecule has 1 aromatic carbocycles. The van der Waals surface area contributed by atoms with Crippen molar-refractivity contribution in [2.24, 2.45) is 15.7 Å². The summed E-state index contributed by atoms with van der Waals surface area (Å²) in [7, 11) is 3.89. The summed E-state index contributed by atoms with van der Waals surface area (Å²) in [5, 5.41) is 0. The Morgan fingerprint density at radius 1 is 1.28 bits per heavy atom. The van der Waals surface area contributed by atoms with Crippen LogP contribution in [-0.2, 0) is 6.54 Å². The number of hydrogen-bond acceptors (Lipinski definition) is 5. The fourth-order valence-electron chi connectivity index (χ4n) is 1.95. The minimum atomic E-state index is -0.116. The van der Waals surface area contributed by atoms with E-state index in [1.54, 1.807) is 0 Å². The van der Waals surface area contributed by atoms with E-state index >= 15 is 0 Å². The highest BCUT2D eigenvalue weighted by Gasteiger charge is 2.20. The monoisotopic (exact) mass is 245 g/mol. The predicted octanol–water partition coefficient (Wildman–Crippen LogP) is 1.08. The van der Waals surface area contributed by atoms with E-state index in [4.69, 9.17) is 5.73 Å². The van der Waals surface area contributed by atoms with Crippen molar-refractivity contribution < 1.29 is 0 Å². The van der Waals surface area contributed by atoms with Crippen LogP contribution >= 0.6 is 0 Å². The van der Waals surface area contributed by atoms with Crippen LogP contribution in [0.5, 0.6) is 0 Å². The molecule has 1 aliphatic heterocycles. The molecule has 0 amide bonds. The zero-order valence-electron chi connectivity index (χ0n) is 11.0. The zero-order valence-corrected chi connectivity index (χ0v) is 11.0. The van der Waals surface area contributed by atoms with Gasteiger partial charge in [0.15, 0.2) is 5.96 Å². The van der Waals surface area contributed by atoms with Gasteiger partial charge in [-0.15, -0.1) is 0 Å². The van der Waals surface area contributed by atoms with Crippen LogP contribution in [0.4, 0.5) is 0 Å². The van der Waals surface area contributed by atoms with Crippen LogP contribution in [0, 0.1) is 0 Å². The second kappa shape index (κ2) is 5.08. The lowest BCUT2D eigenvalue weighted by atomic mass is 10.2. The number of nitrogens with two attached hydrogens (primary N) is 1. The van der Waals surface area contributed by atoms with E-state index < -0.39 is 0 Å². The largest absolute Gasteiger partial charge is 0.369 e. The molecule has 96 valence electrons. The normalized spacial score (nSPS) is 19.3. The first-order chi connectivity index (χ1) is 8.58. The van der Waals surface area contributed by atoms with Crippen molar-refractivity contribution >= 4 is 11.9 Å². The van der Waals surface area contributed by atoms with Gasteiger partial charge in [0.05, 0.1) is 0 Å². The molecule has 5 nitrogen and oxygen atoms in total. The first-order valence-corrected chi connectivity index (χ1v) is 5.98. The van der Waals surface area contributed by atoms with Crippen molar-refractivity contribution in [1.29, 1.82) is 0 Å². The highest BCUT2D eigenvalue weighted by molar-refractivity contribution is 5.98. The molecule has 0 aromatic heterocycles. The lowest BCUT2D eigenvalue weighted by Gasteiger charge is -2.32. The van der Waals surface area contributed by atoms with Crippen LogP contribution in [0.2, 0.25) is 0 Å². The second-order valence-electron chi connectivity index (χ2n) is 4.45. The van der Waals surface area contributed by atoms with Gasteiger partial charge in [-0.25, -0.2) is 9.98 Å². The van der Waals surface area contributed by atoms with Gasteiger partial charge in [-0.1, -0.05) is 30.3 Å². The number of rotatable bonds is 2. The summed E-state index contributed by atoms with van der Waals surface area (Å²) >= 11 is 0. The molecule has 2 rings (SSSR count). The standard InChI is InChI=1S/C13H19N5/c1-10-15-12(14)18(3)13(16-10)17(2)9-11-7-5-4-6-8-11/h4-8,10H,9H2,1-3H3,(H2,14,15). The smallest absolute Gasteiger partial charge is 0.205 e. The number of guanidine groups is 2. The van der Waals surface area contributed by atoms with Crippen LogP contribution in [0.25, 0.3) is 0 Å². The molecule has 0 spiro atoms. The van der Waals surface area contributed by atoms with Crippen LogP contribution in [0.1, 0.15) is 12.5 Å². The van der Waals surface area contributed by atoms with Gasteiger partial charge in [-0.2, -0.15) is 0 Å². The second-order valence-corrected chi connectivity index (χ2v) is 4.45. The van der Waals surface area contributed by atoms with Crippen LogP contribution < -0.4 is 5.73 Å². The summed E-state index contributed by atoms with van der Waals surface area (Å²) in [5.74, 6) is 1.35. The highest BCUT2D eigenvalue weighted by atomic mass is 15.4. The molecule has 1 unspecified atom stereocenters. The molecular weight excluding hydrogens is 226 g/mol. The van der Waals surface area contributed by atoms with Crippen molar-refractivity contribution in [3.8, 4) is 0 Å². The van der Waals surface area contributed by atoms with E-state index in [0.717, 1.165) is 12.5 Å². The van der Waals surface area contributed by atoms with Crippen molar-refractivity contribution in [1.82, 2.24) is 9.80 Å². The van der Waals surface area contributed by atoms with Gasteiger partial charge < -0.3 is 10.6 Å². The number of nitrogens with zero attached hydrogens (tertiary/aromatic N) is 4. The molecule has 0 radical (unpaired) electrons. The Morgan fingerprint density at radius 2 is 1.94 bits per heavy atom. The van der Waals surface area contributed by atoms with Crippen LogP contribution in [0.15, 0.2) is 40.3 Å². The van der Waals surface area contributed by atoms with Gasteiger partial charge >= 0.3 is 0 Å². The van der Waals surface area contributed by atoms with Gasteiger partial charge in [0.2, 0.25) is 5.96 Å². The van der Waals surface area contributed by atoms with Crippen LogP contribution in [-0.4, -0.2) is 42.0 Å². The summed E-state index contributed by atoms with van der Waals surface area (Å²) in [6.07, 6.45) is -0.116. The van der Waals surface area contributed by atoms with E-state index in [1.165, 1.54) is 5.56 Å². The molecule has 1 heterocycles. The Morgan fingerprint density at radius 3 is 2.61 bits per heavy atom. The maximum Gasteiger partial charge on any atom is 0.205 e. The Kier molecular flexibility index (Phi) is 3.50. The molecule has 18 heavy (non-hydrogen) atoms. The maximum atomic E-state index is 5.86. The first-order valence-electron chi connectivity index (χ1n) is 5.98. The average molecular weight is 245 g/mol. The van der Waals surface area contributed by atoms with Gasteiger partial charge in [0.1, 0.15) is 6.17 Å². The number of aliphatic imine (C=N–C) groups is 2. The van der Waals surface area contributed by atoms with E-state index in [-0.39, 0.29) is 6.17 Å². The van der Waals surface area contributed by atoms with Gasteiger partial charge in [0, 0.05) is 20.6 Å². The number of benzene rings is 1. The molecule has 0 fully saturated rings. The molecule has 1 aromatic rings. The summed E-state index contributed by atoms with van der Waals surface area (Å²) in [6, 6.07) is 10.3. The minimum Gasteiger partial charge on any atom is -0.369 e. The predicted molar refractivity (Wildman–Crippen MR) is 74.2 cm³/mol. The first kappa shape index (κ1) is 12.4. The van der Waals surface area contributed by atoms with Gasteiger partial charge in [0.25, 0.3) is 0 Å². The summed E-state index contributed by atoms with van der Waals surface area (Å²) in [4.78, 5) is 12.6. The molecule has 1 atom stereocenters. The fourth-order valence-corrected chi connectivity index (χ4v) is 1.95. The van der Waals surface area contributed by atoms with Gasteiger partial charge in [-0.05, 0) is 12.5 Å². The molecule has 5 heteroatoms. The lowest BCUT2D eigenvalue weighted by Crippen LogP contribution is -2.49. The summed E-state index contributed by atoms with van der Waals surface area (Å²) in [6.45, 7) is 2.72. The lowest BCUT2D eigenvalue weighted by molar-refractivity contribution is 0.430. The third kappa shape index (κ3) is 2.61. The quantitative estimate of drug-likeness (QED) is 0.848. The molecule has 0 saturated heterocycles. The fraction of sp³-hybridized carbons (Fsp3) is 0.385. The maximum absolute atomic E-state index is 5.86. The van der Waals surface area contributed by atoms with E-state index in [0.29, 0.717) is 5.96 Å². The SMILES string of the molecule is CC1N=C(N)N(C)C(N(C)Cc2ccccc2)=N1. The summed E-state index contributed by atoms with van der Waals surface area (Å²) < 4.78 is 0. The van der Waals surface area contributed by atoms with E-state index in [2.05, 4.69) is 27.0 Å². The van der Waals surface area contributed by atoms with E-state index in [1.807, 2.05) is 44.1 Å². The molecule has 0 aliphatic carbocycles.